The van der Waals surface area contributed by atoms with Crippen LogP contribution in [0, 0.1) is 5.92 Å². The lowest BCUT2D eigenvalue weighted by Gasteiger charge is -1.98. The lowest BCUT2D eigenvalue weighted by atomic mass is 10.0. The van der Waals surface area contributed by atoms with Gasteiger partial charge in [0, 0.05) is 4.47 Å². The van der Waals surface area contributed by atoms with Gasteiger partial charge in [-0.15, -0.1) is 0 Å². The minimum absolute atomic E-state index is 0.336. The van der Waals surface area contributed by atoms with Crippen LogP contribution >= 0.6 is 27.7 Å². The average molecular weight is 325 g/mol. The Morgan fingerprint density at radius 3 is 2.39 bits per heavy atom. The molecule has 92 valence electrons. The number of hydrogen-bond acceptors (Lipinski definition) is 4. The molecule has 1 aliphatic heterocycles. The molecule has 1 heterocycles. The van der Waals surface area contributed by atoms with Gasteiger partial charge in [-0.25, -0.2) is 0 Å². The van der Waals surface area contributed by atoms with Gasteiger partial charge in [-0.2, -0.15) is 0 Å². The first-order chi connectivity index (χ1) is 8.49. The highest BCUT2D eigenvalue weighted by Crippen LogP contribution is 2.35. The summed E-state index contributed by atoms with van der Waals surface area (Å²) in [6.07, 6.45) is 1.64. The van der Waals surface area contributed by atoms with Crippen molar-refractivity contribution in [2.45, 2.75) is 6.92 Å². The van der Waals surface area contributed by atoms with E-state index in [9.17, 15) is 14.4 Å². The summed E-state index contributed by atoms with van der Waals surface area (Å²) < 4.78 is 0.938. The van der Waals surface area contributed by atoms with E-state index >= 15 is 0 Å². The molecular weight excluding hydrogens is 316 g/mol. The molecule has 1 atom stereocenters. The smallest absolute Gasteiger partial charge is 0.212 e. The standard InChI is InChI=1S/C13H9BrO3S/c1-7(15)11-12(16)10(18-13(11)17)6-8-2-4-9(14)5-3-8/h2-6,11H,1H3. The third-order valence-electron chi connectivity index (χ3n) is 2.53. The molecule has 0 N–H and O–H groups in total. The first-order valence-electron chi connectivity index (χ1n) is 5.22. The van der Waals surface area contributed by atoms with Crippen molar-refractivity contribution in [3.63, 3.8) is 0 Å². The van der Waals surface area contributed by atoms with Crippen molar-refractivity contribution in [3.8, 4) is 0 Å². The fourth-order valence-electron chi connectivity index (χ4n) is 1.63. The van der Waals surface area contributed by atoms with Gasteiger partial charge >= 0.3 is 0 Å². The molecule has 0 saturated carbocycles. The number of rotatable bonds is 2. The number of carbonyl (C=O) groups excluding carboxylic acids is 3. The molecule has 1 aliphatic rings. The van der Waals surface area contributed by atoms with E-state index in [4.69, 9.17) is 0 Å². The van der Waals surface area contributed by atoms with Crippen LogP contribution in [0.1, 0.15) is 12.5 Å². The van der Waals surface area contributed by atoms with Crippen LogP contribution in [0.4, 0.5) is 0 Å². The number of benzene rings is 1. The second-order valence-electron chi connectivity index (χ2n) is 3.89. The summed E-state index contributed by atoms with van der Waals surface area (Å²) in [4.78, 5) is 35.0. The van der Waals surface area contributed by atoms with Gasteiger partial charge in [0.25, 0.3) is 0 Å². The van der Waals surface area contributed by atoms with Gasteiger partial charge in [-0.1, -0.05) is 28.1 Å². The van der Waals surface area contributed by atoms with Gasteiger partial charge in [0.15, 0.2) is 11.7 Å². The Bertz CT molecular complexity index is 560. The quantitative estimate of drug-likeness (QED) is 0.620. The van der Waals surface area contributed by atoms with Crippen LogP contribution in [0.5, 0.6) is 0 Å². The van der Waals surface area contributed by atoms with Gasteiger partial charge < -0.3 is 0 Å². The van der Waals surface area contributed by atoms with Crippen molar-refractivity contribution in [1.29, 1.82) is 0 Å². The molecule has 18 heavy (non-hydrogen) atoms. The zero-order valence-corrected chi connectivity index (χ0v) is 11.9. The molecule has 0 amide bonds. The summed E-state index contributed by atoms with van der Waals surface area (Å²) in [5, 5.41) is -0.379. The SMILES string of the molecule is CC(=O)C1C(=O)SC(=Cc2ccc(Br)cc2)C1=O. The highest BCUT2D eigenvalue weighted by atomic mass is 79.9. The van der Waals surface area contributed by atoms with E-state index in [2.05, 4.69) is 15.9 Å². The Morgan fingerprint density at radius 1 is 1.28 bits per heavy atom. The fraction of sp³-hybridized carbons (Fsp3) is 0.154. The average Bonchev–Trinajstić information content (AvgIpc) is 2.57. The monoisotopic (exact) mass is 324 g/mol. The number of hydrogen-bond donors (Lipinski definition) is 0. The summed E-state index contributed by atoms with van der Waals surface area (Å²) in [7, 11) is 0. The van der Waals surface area contributed by atoms with E-state index < -0.39 is 11.7 Å². The molecule has 1 aromatic carbocycles. The predicted molar refractivity (Wildman–Crippen MR) is 73.9 cm³/mol. The van der Waals surface area contributed by atoms with Crippen LogP contribution in [0.3, 0.4) is 0 Å². The molecule has 1 aromatic rings. The molecule has 0 spiro atoms. The van der Waals surface area contributed by atoms with Gasteiger partial charge in [0.1, 0.15) is 5.78 Å². The van der Waals surface area contributed by atoms with E-state index in [1.165, 1.54) is 6.92 Å². The van der Waals surface area contributed by atoms with Crippen molar-refractivity contribution in [2.75, 3.05) is 0 Å². The van der Waals surface area contributed by atoms with Gasteiger partial charge in [-0.3, -0.25) is 14.4 Å². The second-order valence-corrected chi connectivity index (χ2v) is 5.85. The minimum atomic E-state index is -1.11. The van der Waals surface area contributed by atoms with E-state index in [-0.39, 0.29) is 10.9 Å². The van der Waals surface area contributed by atoms with Crippen LogP contribution in [-0.4, -0.2) is 16.7 Å². The maximum absolute atomic E-state index is 11.9. The van der Waals surface area contributed by atoms with E-state index in [1.54, 1.807) is 6.08 Å². The Hall–Kier alpha value is -1.20. The fourth-order valence-corrected chi connectivity index (χ4v) is 2.91. The highest BCUT2D eigenvalue weighted by Gasteiger charge is 2.41. The molecule has 0 radical (unpaired) electrons. The number of halogens is 1. The molecule has 1 saturated heterocycles. The van der Waals surface area contributed by atoms with Crippen molar-refractivity contribution < 1.29 is 14.4 Å². The van der Waals surface area contributed by atoms with Gasteiger partial charge in [0.05, 0.1) is 4.91 Å². The maximum Gasteiger partial charge on any atom is 0.212 e. The zero-order chi connectivity index (χ0) is 13.3. The lowest BCUT2D eigenvalue weighted by Crippen LogP contribution is -2.22. The summed E-state index contributed by atoms with van der Waals surface area (Å²) >= 11 is 4.17. The first-order valence-corrected chi connectivity index (χ1v) is 6.83. The molecule has 3 nitrogen and oxygen atoms in total. The lowest BCUT2D eigenvalue weighted by molar-refractivity contribution is -0.133. The van der Waals surface area contributed by atoms with Crippen molar-refractivity contribution >= 4 is 50.4 Å². The van der Waals surface area contributed by atoms with Crippen LogP contribution in [0.2, 0.25) is 0 Å². The highest BCUT2D eigenvalue weighted by molar-refractivity contribution is 9.10. The molecular formula is C13H9BrO3S. The van der Waals surface area contributed by atoms with Crippen molar-refractivity contribution in [1.82, 2.24) is 0 Å². The first kappa shape index (κ1) is 13.2. The zero-order valence-electron chi connectivity index (χ0n) is 9.48. The Morgan fingerprint density at radius 2 is 1.89 bits per heavy atom. The normalized spacial score (nSPS) is 21.7. The van der Waals surface area contributed by atoms with E-state index in [1.807, 2.05) is 24.3 Å². The minimum Gasteiger partial charge on any atom is -0.299 e. The Kier molecular flexibility index (Phi) is 3.82. The van der Waals surface area contributed by atoms with Crippen molar-refractivity contribution in [2.24, 2.45) is 5.92 Å². The number of allylic oxidation sites excluding steroid dienone is 1. The van der Waals surface area contributed by atoms with E-state index in [0.717, 1.165) is 21.8 Å². The molecule has 0 bridgehead atoms. The summed E-state index contributed by atoms with van der Waals surface area (Å²) in [6.45, 7) is 1.27. The largest absolute Gasteiger partial charge is 0.299 e. The third-order valence-corrected chi connectivity index (χ3v) is 4.03. The molecule has 1 fully saturated rings. The van der Waals surface area contributed by atoms with Crippen LogP contribution in [0.15, 0.2) is 33.6 Å². The topological polar surface area (TPSA) is 51.2 Å². The second kappa shape index (κ2) is 5.20. The number of ketones is 2. The van der Waals surface area contributed by atoms with Crippen LogP contribution in [0.25, 0.3) is 6.08 Å². The van der Waals surface area contributed by atoms with Crippen molar-refractivity contribution in [3.05, 3.63) is 39.2 Å². The molecule has 0 aromatic heterocycles. The number of carbonyl (C=O) groups is 3. The van der Waals surface area contributed by atoms with Gasteiger partial charge in [0.2, 0.25) is 5.12 Å². The Labute approximate surface area is 117 Å². The molecule has 1 unspecified atom stereocenters. The Balaban J connectivity index is 2.30. The molecule has 0 aliphatic carbocycles. The molecule has 5 heteroatoms. The van der Waals surface area contributed by atoms with E-state index in [0.29, 0.717) is 4.91 Å². The molecule has 2 rings (SSSR count). The summed E-state index contributed by atoms with van der Waals surface area (Å²) in [6, 6.07) is 7.36. The third kappa shape index (κ3) is 2.62. The van der Waals surface area contributed by atoms with Crippen LogP contribution in [-0.2, 0) is 14.4 Å². The predicted octanol–water partition coefficient (Wildman–Crippen LogP) is 2.84. The summed E-state index contributed by atoms with van der Waals surface area (Å²) in [5.41, 5.74) is 0.825. The number of thioether (sulfide) groups is 1. The van der Waals surface area contributed by atoms with Gasteiger partial charge in [-0.05, 0) is 42.5 Å². The number of Topliss-reactive ketones (excluding diaryl/α,β-unsaturated/α-hetero) is 2. The van der Waals surface area contributed by atoms with Crippen LogP contribution < -0.4 is 0 Å². The maximum atomic E-state index is 11.9. The summed E-state index contributed by atoms with van der Waals surface area (Å²) in [5.74, 6) is -1.89.